The normalized spacial score (nSPS) is 13.1. The first kappa shape index (κ1) is 13.5. The van der Waals surface area contributed by atoms with Gasteiger partial charge < -0.3 is 11.1 Å². The van der Waals surface area contributed by atoms with E-state index in [0.29, 0.717) is 6.54 Å². The van der Waals surface area contributed by atoms with E-state index in [1.54, 1.807) is 4.90 Å². The molecule has 1 aliphatic rings. The molecule has 0 bridgehead atoms. The van der Waals surface area contributed by atoms with Crippen molar-refractivity contribution in [3.05, 3.63) is 53.1 Å². The van der Waals surface area contributed by atoms with Gasteiger partial charge in [-0.2, -0.15) is 0 Å². The first-order valence-corrected chi connectivity index (χ1v) is 7.09. The minimum absolute atomic E-state index is 0.110. The average molecular weight is 281 g/mol. The van der Waals surface area contributed by atoms with E-state index in [1.807, 2.05) is 44.2 Å². The summed E-state index contributed by atoms with van der Waals surface area (Å²) in [6, 6.07) is 11.6. The number of carbonyl (C=O) groups excluding carboxylic acids is 1. The Morgan fingerprint density at radius 3 is 2.62 bits per heavy atom. The molecule has 3 rings (SSSR count). The molecule has 4 nitrogen and oxygen atoms in total. The second kappa shape index (κ2) is 5.13. The molecule has 0 aliphatic carbocycles. The van der Waals surface area contributed by atoms with Crippen molar-refractivity contribution in [2.24, 2.45) is 0 Å². The molecule has 0 aromatic heterocycles. The van der Waals surface area contributed by atoms with Gasteiger partial charge in [-0.25, -0.2) is 4.79 Å². The highest BCUT2D eigenvalue weighted by molar-refractivity contribution is 6.03. The van der Waals surface area contributed by atoms with E-state index in [-0.39, 0.29) is 6.03 Å². The minimum atomic E-state index is -0.110. The van der Waals surface area contributed by atoms with Crippen molar-refractivity contribution in [3.63, 3.8) is 0 Å². The van der Waals surface area contributed by atoms with Gasteiger partial charge in [0.2, 0.25) is 0 Å². The van der Waals surface area contributed by atoms with E-state index in [1.165, 1.54) is 11.1 Å². The number of benzene rings is 2. The summed E-state index contributed by atoms with van der Waals surface area (Å²) in [6.45, 7) is 4.70. The van der Waals surface area contributed by atoms with Crippen LogP contribution >= 0.6 is 0 Å². The monoisotopic (exact) mass is 281 g/mol. The second-order valence-electron chi connectivity index (χ2n) is 5.54. The number of amides is 2. The lowest BCUT2D eigenvalue weighted by Crippen LogP contribution is -2.33. The number of nitrogens with zero attached hydrogens (tertiary/aromatic N) is 1. The quantitative estimate of drug-likeness (QED) is 0.786. The molecule has 0 saturated heterocycles. The SMILES string of the molecule is Cc1ccc(NC(=O)N2CCc3cc(C)c(N)cc32)cc1. The zero-order valence-electron chi connectivity index (χ0n) is 12.3. The van der Waals surface area contributed by atoms with Gasteiger partial charge in [0.05, 0.1) is 5.69 Å². The van der Waals surface area contributed by atoms with Crippen LogP contribution in [0.2, 0.25) is 0 Å². The Hall–Kier alpha value is -2.49. The van der Waals surface area contributed by atoms with Crippen LogP contribution in [-0.4, -0.2) is 12.6 Å². The maximum atomic E-state index is 12.4. The molecule has 2 aromatic carbocycles. The van der Waals surface area contributed by atoms with Gasteiger partial charge in [0.25, 0.3) is 0 Å². The Labute approximate surface area is 124 Å². The number of carbonyl (C=O) groups is 1. The topological polar surface area (TPSA) is 58.4 Å². The van der Waals surface area contributed by atoms with Crippen LogP contribution in [0.15, 0.2) is 36.4 Å². The Kier molecular flexibility index (Phi) is 3.29. The number of nitrogen functional groups attached to an aromatic ring is 1. The zero-order chi connectivity index (χ0) is 15.0. The maximum absolute atomic E-state index is 12.4. The highest BCUT2D eigenvalue weighted by Crippen LogP contribution is 2.32. The summed E-state index contributed by atoms with van der Waals surface area (Å²) >= 11 is 0. The van der Waals surface area contributed by atoms with Crippen LogP contribution in [0.1, 0.15) is 16.7 Å². The third kappa shape index (κ3) is 2.57. The molecule has 0 atom stereocenters. The van der Waals surface area contributed by atoms with Crippen LogP contribution < -0.4 is 16.0 Å². The van der Waals surface area contributed by atoms with Crippen molar-refractivity contribution in [3.8, 4) is 0 Å². The van der Waals surface area contributed by atoms with E-state index in [2.05, 4.69) is 11.4 Å². The highest BCUT2D eigenvalue weighted by atomic mass is 16.2. The van der Waals surface area contributed by atoms with Crippen LogP contribution in [0.4, 0.5) is 21.9 Å². The first-order valence-electron chi connectivity index (χ1n) is 7.09. The number of hydrogen-bond donors (Lipinski definition) is 2. The first-order chi connectivity index (χ1) is 10.0. The lowest BCUT2D eigenvalue weighted by atomic mass is 10.1. The van der Waals surface area contributed by atoms with Crippen molar-refractivity contribution in [2.75, 3.05) is 22.5 Å². The fourth-order valence-electron chi connectivity index (χ4n) is 2.62. The number of nitrogens with two attached hydrogens (primary N) is 1. The summed E-state index contributed by atoms with van der Waals surface area (Å²) in [6.07, 6.45) is 0.873. The van der Waals surface area contributed by atoms with Crippen LogP contribution in [0.3, 0.4) is 0 Å². The number of rotatable bonds is 1. The molecular weight excluding hydrogens is 262 g/mol. The van der Waals surface area contributed by atoms with Crippen molar-refractivity contribution < 1.29 is 4.79 Å². The maximum Gasteiger partial charge on any atom is 0.326 e. The number of fused-ring (bicyclic) bond motifs is 1. The Bertz CT molecular complexity index is 692. The third-order valence-corrected chi connectivity index (χ3v) is 3.91. The van der Waals surface area contributed by atoms with Gasteiger partial charge in [0.15, 0.2) is 0 Å². The molecule has 0 radical (unpaired) electrons. The van der Waals surface area contributed by atoms with E-state index >= 15 is 0 Å². The summed E-state index contributed by atoms with van der Waals surface area (Å²) < 4.78 is 0. The summed E-state index contributed by atoms with van der Waals surface area (Å²) in [5.41, 5.74) is 11.8. The highest BCUT2D eigenvalue weighted by Gasteiger charge is 2.25. The lowest BCUT2D eigenvalue weighted by Gasteiger charge is -2.19. The molecule has 0 unspecified atom stereocenters. The number of anilines is 3. The summed E-state index contributed by atoms with van der Waals surface area (Å²) in [7, 11) is 0. The zero-order valence-corrected chi connectivity index (χ0v) is 12.3. The Balaban J connectivity index is 1.82. The predicted octanol–water partition coefficient (Wildman–Crippen LogP) is 3.48. The Morgan fingerprint density at radius 2 is 1.90 bits per heavy atom. The number of hydrogen-bond acceptors (Lipinski definition) is 2. The molecule has 21 heavy (non-hydrogen) atoms. The standard InChI is InChI=1S/C17H19N3O/c1-11-3-5-14(6-4-11)19-17(21)20-8-7-13-9-12(2)15(18)10-16(13)20/h3-6,9-10H,7-8,18H2,1-2H3,(H,19,21). The summed E-state index contributed by atoms with van der Waals surface area (Å²) in [5, 5.41) is 2.93. The van der Waals surface area contributed by atoms with E-state index in [9.17, 15) is 4.79 Å². The number of nitrogens with one attached hydrogen (secondary N) is 1. The molecule has 1 aliphatic heterocycles. The molecule has 2 amide bonds. The van der Waals surface area contributed by atoms with Gasteiger partial charge in [-0.05, 0) is 49.6 Å². The fourth-order valence-corrected chi connectivity index (χ4v) is 2.62. The van der Waals surface area contributed by atoms with Gasteiger partial charge in [-0.1, -0.05) is 23.8 Å². The van der Waals surface area contributed by atoms with Crippen molar-refractivity contribution in [1.82, 2.24) is 0 Å². The molecule has 3 N–H and O–H groups in total. The van der Waals surface area contributed by atoms with Crippen molar-refractivity contribution >= 4 is 23.1 Å². The van der Waals surface area contributed by atoms with Crippen molar-refractivity contribution in [2.45, 2.75) is 20.3 Å². The van der Waals surface area contributed by atoms with Gasteiger partial charge in [-0.3, -0.25) is 4.90 Å². The number of urea groups is 1. The van der Waals surface area contributed by atoms with Gasteiger partial charge in [0.1, 0.15) is 0 Å². The van der Waals surface area contributed by atoms with E-state index < -0.39 is 0 Å². The second-order valence-corrected chi connectivity index (χ2v) is 5.54. The van der Waals surface area contributed by atoms with Gasteiger partial charge in [-0.15, -0.1) is 0 Å². The lowest BCUT2D eigenvalue weighted by molar-refractivity contribution is 0.257. The average Bonchev–Trinajstić information content (AvgIpc) is 2.85. The van der Waals surface area contributed by atoms with Crippen LogP contribution in [0, 0.1) is 13.8 Å². The molecule has 0 saturated carbocycles. The molecule has 0 fully saturated rings. The van der Waals surface area contributed by atoms with Crippen LogP contribution in [0.5, 0.6) is 0 Å². The van der Waals surface area contributed by atoms with Crippen molar-refractivity contribution in [1.29, 1.82) is 0 Å². The fraction of sp³-hybridized carbons (Fsp3) is 0.235. The predicted molar refractivity (Wildman–Crippen MR) is 86.8 cm³/mol. The molecular formula is C17H19N3O. The van der Waals surface area contributed by atoms with Crippen LogP contribution in [0.25, 0.3) is 0 Å². The molecule has 108 valence electrons. The molecule has 4 heteroatoms. The number of aryl methyl sites for hydroxylation is 2. The molecule has 0 spiro atoms. The summed E-state index contributed by atoms with van der Waals surface area (Å²) in [5.74, 6) is 0. The molecule has 1 heterocycles. The molecule has 2 aromatic rings. The minimum Gasteiger partial charge on any atom is -0.398 e. The van der Waals surface area contributed by atoms with E-state index in [0.717, 1.165) is 29.0 Å². The smallest absolute Gasteiger partial charge is 0.326 e. The third-order valence-electron chi connectivity index (χ3n) is 3.91. The Morgan fingerprint density at radius 1 is 1.19 bits per heavy atom. The largest absolute Gasteiger partial charge is 0.398 e. The van der Waals surface area contributed by atoms with Gasteiger partial charge >= 0.3 is 6.03 Å². The van der Waals surface area contributed by atoms with Crippen LogP contribution in [-0.2, 0) is 6.42 Å². The van der Waals surface area contributed by atoms with E-state index in [4.69, 9.17) is 5.73 Å². The van der Waals surface area contributed by atoms with Gasteiger partial charge in [0, 0.05) is 17.9 Å². The summed E-state index contributed by atoms with van der Waals surface area (Å²) in [4.78, 5) is 14.2.